The molecule has 2 saturated carbocycles. The van der Waals surface area contributed by atoms with Crippen LogP contribution in [0.25, 0.3) is 0 Å². The maximum absolute atomic E-state index is 12.9. The molecule has 132 valence electrons. The molecule has 2 bridgehead atoms. The topological polar surface area (TPSA) is 41.6 Å². The van der Waals surface area contributed by atoms with Crippen LogP contribution < -0.4 is 5.32 Å². The van der Waals surface area contributed by atoms with Gasteiger partial charge in [-0.15, -0.1) is 0 Å². The van der Waals surface area contributed by atoms with Gasteiger partial charge in [-0.2, -0.15) is 0 Å². The van der Waals surface area contributed by atoms with E-state index in [0.29, 0.717) is 12.0 Å². The Morgan fingerprint density at radius 2 is 2.12 bits per heavy atom. The summed E-state index contributed by atoms with van der Waals surface area (Å²) in [5, 5.41) is 3.96. The summed E-state index contributed by atoms with van der Waals surface area (Å²) in [7, 11) is 1.56. The standard InChI is InChI=1S/C21H26N2O2/c1-13-19-8-5-10-23-11-9-20(18(19)23)14-6-3-4-7-16(14)22-21(13,20)15(12-19)17(24)25-2/h3-4,6-7,13,15,18,22H,5,8-12H2,1-2H3/t13-,15+,18+,19-,20-,21+/m1/s1. The van der Waals surface area contributed by atoms with Gasteiger partial charge >= 0.3 is 5.97 Å². The van der Waals surface area contributed by atoms with Crippen molar-refractivity contribution >= 4 is 11.7 Å². The smallest absolute Gasteiger partial charge is 0.311 e. The van der Waals surface area contributed by atoms with Gasteiger partial charge in [-0.05, 0) is 61.7 Å². The summed E-state index contributed by atoms with van der Waals surface area (Å²) >= 11 is 0. The molecule has 25 heavy (non-hydrogen) atoms. The Kier molecular flexibility index (Phi) is 2.47. The molecular formula is C21H26N2O2. The summed E-state index contributed by atoms with van der Waals surface area (Å²) in [5.41, 5.74) is 2.88. The summed E-state index contributed by atoms with van der Waals surface area (Å²) in [6.45, 7) is 4.82. The average Bonchev–Trinajstić information content (AvgIpc) is 3.29. The molecule has 6 atom stereocenters. The van der Waals surface area contributed by atoms with Gasteiger partial charge in [-0.1, -0.05) is 25.1 Å². The van der Waals surface area contributed by atoms with Crippen molar-refractivity contribution in [3.8, 4) is 0 Å². The fourth-order valence-electron chi connectivity index (χ4n) is 8.44. The molecule has 4 nitrogen and oxygen atoms in total. The highest BCUT2D eigenvalue weighted by molar-refractivity contribution is 5.82. The van der Waals surface area contributed by atoms with Crippen molar-refractivity contribution in [1.82, 2.24) is 4.90 Å². The lowest BCUT2D eigenvalue weighted by atomic mass is 9.56. The molecule has 4 heteroatoms. The zero-order chi connectivity index (χ0) is 17.0. The van der Waals surface area contributed by atoms with Crippen LogP contribution >= 0.6 is 0 Å². The monoisotopic (exact) mass is 338 g/mol. The van der Waals surface area contributed by atoms with Crippen LogP contribution in [0.2, 0.25) is 0 Å². The maximum Gasteiger partial charge on any atom is 0.311 e. The summed E-state index contributed by atoms with van der Waals surface area (Å²) in [6.07, 6.45) is 4.69. The fourth-order valence-corrected chi connectivity index (χ4v) is 8.44. The molecule has 0 unspecified atom stereocenters. The Labute approximate surface area is 148 Å². The van der Waals surface area contributed by atoms with E-state index in [0.717, 1.165) is 6.42 Å². The van der Waals surface area contributed by atoms with Gasteiger partial charge < -0.3 is 10.1 Å². The zero-order valence-electron chi connectivity index (χ0n) is 15.0. The molecule has 2 aliphatic carbocycles. The van der Waals surface area contributed by atoms with Crippen molar-refractivity contribution in [2.24, 2.45) is 17.3 Å². The number of fused-ring (bicyclic) bond motifs is 1. The minimum absolute atomic E-state index is 0.00844. The van der Waals surface area contributed by atoms with E-state index >= 15 is 0 Å². The van der Waals surface area contributed by atoms with Crippen molar-refractivity contribution in [1.29, 1.82) is 0 Å². The van der Waals surface area contributed by atoms with Gasteiger partial charge in [0, 0.05) is 17.1 Å². The van der Waals surface area contributed by atoms with E-state index in [-0.39, 0.29) is 28.3 Å². The number of para-hydroxylation sites is 1. The first-order chi connectivity index (χ1) is 12.1. The quantitative estimate of drug-likeness (QED) is 0.800. The minimum Gasteiger partial charge on any atom is -0.469 e. The van der Waals surface area contributed by atoms with Gasteiger partial charge in [0.2, 0.25) is 0 Å². The van der Waals surface area contributed by atoms with E-state index in [2.05, 4.69) is 41.4 Å². The number of nitrogens with one attached hydrogen (secondary N) is 1. The Hall–Kier alpha value is -1.55. The highest BCUT2D eigenvalue weighted by atomic mass is 16.5. The number of hydrogen-bond donors (Lipinski definition) is 1. The van der Waals surface area contributed by atoms with Gasteiger partial charge in [0.25, 0.3) is 0 Å². The number of esters is 1. The normalized spacial score (nSPS) is 48.6. The van der Waals surface area contributed by atoms with Crippen LogP contribution in [0.3, 0.4) is 0 Å². The molecular weight excluding hydrogens is 312 g/mol. The molecule has 3 aliphatic heterocycles. The number of methoxy groups -OCH3 is 1. The number of carbonyl (C=O) groups is 1. The highest BCUT2D eigenvalue weighted by Gasteiger charge is 2.86. The van der Waals surface area contributed by atoms with Crippen LogP contribution in [0.4, 0.5) is 5.69 Å². The first-order valence-corrected chi connectivity index (χ1v) is 9.81. The second kappa shape index (κ2) is 4.22. The third kappa shape index (κ3) is 1.23. The molecule has 4 fully saturated rings. The van der Waals surface area contributed by atoms with E-state index in [9.17, 15) is 4.79 Å². The molecule has 1 aromatic rings. The largest absolute Gasteiger partial charge is 0.469 e. The molecule has 2 saturated heterocycles. The van der Waals surface area contributed by atoms with Crippen LogP contribution in [0, 0.1) is 17.3 Å². The molecule has 0 aromatic heterocycles. The van der Waals surface area contributed by atoms with Crippen molar-refractivity contribution in [3.05, 3.63) is 29.8 Å². The van der Waals surface area contributed by atoms with E-state index in [1.807, 2.05) is 0 Å². The molecule has 3 spiro atoms. The third-order valence-electron chi connectivity index (χ3n) is 8.91. The zero-order valence-corrected chi connectivity index (χ0v) is 15.0. The van der Waals surface area contributed by atoms with Gasteiger partial charge in [0.15, 0.2) is 0 Å². The number of anilines is 1. The van der Waals surface area contributed by atoms with Crippen LogP contribution in [0.1, 0.15) is 38.2 Å². The van der Waals surface area contributed by atoms with Crippen LogP contribution in [0.15, 0.2) is 24.3 Å². The fraction of sp³-hybridized carbons (Fsp3) is 0.667. The average molecular weight is 338 g/mol. The lowest BCUT2D eigenvalue weighted by Gasteiger charge is -2.52. The first-order valence-electron chi connectivity index (χ1n) is 9.81. The minimum atomic E-state index is -0.173. The highest BCUT2D eigenvalue weighted by Crippen LogP contribution is 2.79. The second-order valence-electron chi connectivity index (χ2n) is 9.04. The molecule has 6 rings (SSSR count). The predicted molar refractivity (Wildman–Crippen MR) is 95.4 cm³/mol. The van der Waals surface area contributed by atoms with Gasteiger partial charge in [-0.25, -0.2) is 0 Å². The van der Waals surface area contributed by atoms with Crippen LogP contribution in [-0.4, -0.2) is 42.6 Å². The van der Waals surface area contributed by atoms with Crippen molar-refractivity contribution < 1.29 is 9.53 Å². The number of piperidine rings is 1. The lowest BCUT2D eigenvalue weighted by Crippen LogP contribution is -2.63. The summed E-state index contributed by atoms with van der Waals surface area (Å²) in [4.78, 5) is 15.7. The Morgan fingerprint density at radius 1 is 1.28 bits per heavy atom. The molecule has 1 aromatic carbocycles. The third-order valence-corrected chi connectivity index (χ3v) is 8.91. The molecule has 3 heterocycles. The van der Waals surface area contributed by atoms with Crippen LogP contribution in [0.5, 0.6) is 0 Å². The second-order valence-corrected chi connectivity index (χ2v) is 9.04. The lowest BCUT2D eigenvalue weighted by molar-refractivity contribution is -0.150. The van der Waals surface area contributed by atoms with Crippen molar-refractivity contribution in [2.75, 3.05) is 25.5 Å². The van der Waals surface area contributed by atoms with Gasteiger partial charge in [0.1, 0.15) is 0 Å². The number of carbonyl (C=O) groups excluding carboxylic acids is 1. The number of benzene rings is 1. The molecule has 1 N–H and O–H groups in total. The van der Waals surface area contributed by atoms with E-state index < -0.39 is 0 Å². The molecule has 0 radical (unpaired) electrons. The summed E-state index contributed by atoms with van der Waals surface area (Å²) in [6, 6.07) is 9.42. The number of nitrogens with zero attached hydrogens (tertiary/aromatic N) is 1. The van der Waals surface area contributed by atoms with E-state index in [1.54, 1.807) is 7.11 Å². The predicted octanol–water partition coefficient (Wildman–Crippen LogP) is 2.79. The first kappa shape index (κ1) is 14.6. The van der Waals surface area contributed by atoms with Crippen LogP contribution in [-0.2, 0) is 14.9 Å². The Bertz CT molecular complexity index is 794. The number of ether oxygens (including phenoxy) is 1. The Morgan fingerprint density at radius 3 is 2.96 bits per heavy atom. The van der Waals surface area contributed by atoms with Crippen molar-refractivity contribution in [2.45, 2.75) is 49.6 Å². The maximum atomic E-state index is 12.9. The van der Waals surface area contributed by atoms with E-state index in [4.69, 9.17) is 4.74 Å². The molecule has 0 amide bonds. The van der Waals surface area contributed by atoms with Gasteiger partial charge in [-0.3, -0.25) is 9.69 Å². The van der Waals surface area contributed by atoms with Crippen molar-refractivity contribution in [3.63, 3.8) is 0 Å². The SMILES string of the molecule is COC(=O)[C@@H]1C[C@]23CCCN4CC[C@@]5(c6ccccc6N[C@@]15[C@@H]2C)[C@@H]43. The van der Waals surface area contributed by atoms with Gasteiger partial charge in [0.05, 0.1) is 18.6 Å². The number of rotatable bonds is 1. The Balaban J connectivity index is 1.67. The summed E-state index contributed by atoms with van der Waals surface area (Å²) < 4.78 is 5.32. The van der Waals surface area contributed by atoms with E-state index in [1.165, 1.54) is 43.6 Å². The summed E-state index contributed by atoms with van der Waals surface area (Å²) in [5.74, 6) is 0.449. The number of hydrogen-bond acceptors (Lipinski definition) is 4. The molecule has 5 aliphatic rings.